The minimum atomic E-state index is -1.28. The van der Waals surface area contributed by atoms with E-state index in [2.05, 4.69) is 12.2 Å². The molecule has 6 nitrogen and oxygen atoms in total. The molecule has 0 bridgehead atoms. The van der Waals surface area contributed by atoms with E-state index < -0.39 is 11.8 Å². The summed E-state index contributed by atoms with van der Waals surface area (Å²) in [6.45, 7) is 2.13. The Bertz CT molecular complexity index is 1210. The van der Waals surface area contributed by atoms with Gasteiger partial charge in [-0.25, -0.2) is 4.79 Å². The van der Waals surface area contributed by atoms with Crippen LogP contribution in [-0.2, 0) is 6.42 Å². The van der Waals surface area contributed by atoms with Crippen molar-refractivity contribution in [2.45, 2.75) is 26.2 Å². The van der Waals surface area contributed by atoms with Gasteiger partial charge in [-0.1, -0.05) is 49.7 Å². The summed E-state index contributed by atoms with van der Waals surface area (Å²) < 4.78 is 0. The summed E-state index contributed by atoms with van der Waals surface area (Å²) in [4.78, 5) is 38.1. The standard InChI is InChI=1S/C25H22N2O4/c1-2-3-6-14-9-11-15(12-10-14)27-19-13-18-20(22(26)21(19)25(30)31)24(29)17-8-5-4-7-16(17)23(18)28/h4-5,7-13,27H,2-3,6,26H2,1H3,(H,30,31). The zero-order valence-corrected chi connectivity index (χ0v) is 17.1. The molecule has 0 heterocycles. The van der Waals surface area contributed by atoms with Crippen LogP contribution in [0.3, 0.4) is 0 Å². The molecule has 156 valence electrons. The van der Waals surface area contributed by atoms with Crippen molar-refractivity contribution >= 4 is 34.6 Å². The molecule has 3 aromatic rings. The van der Waals surface area contributed by atoms with E-state index in [-0.39, 0.29) is 45.0 Å². The number of unbranched alkanes of at least 4 members (excludes halogenated alkanes) is 1. The summed E-state index contributed by atoms with van der Waals surface area (Å²) in [6.07, 6.45) is 3.17. The maximum atomic E-state index is 13.1. The van der Waals surface area contributed by atoms with Gasteiger partial charge in [-0.3, -0.25) is 9.59 Å². The van der Waals surface area contributed by atoms with Gasteiger partial charge in [-0.05, 0) is 36.6 Å². The number of anilines is 3. The highest BCUT2D eigenvalue weighted by Gasteiger charge is 2.34. The van der Waals surface area contributed by atoms with Gasteiger partial charge in [-0.15, -0.1) is 0 Å². The predicted molar refractivity (Wildman–Crippen MR) is 119 cm³/mol. The number of hydrogen-bond acceptors (Lipinski definition) is 5. The number of ketones is 2. The molecule has 0 fully saturated rings. The molecular weight excluding hydrogens is 392 g/mol. The lowest BCUT2D eigenvalue weighted by molar-refractivity contribution is 0.0698. The molecule has 4 N–H and O–H groups in total. The molecule has 0 atom stereocenters. The highest BCUT2D eigenvalue weighted by molar-refractivity contribution is 6.31. The van der Waals surface area contributed by atoms with Crippen molar-refractivity contribution in [3.63, 3.8) is 0 Å². The number of aryl methyl sites for hydroxylation is 1. The third kappa shape index (κ3) is 3.57. The number of benzene rings is 3. The summed E-state index contributed by atoms with van der Waals surface area (Å²) in [5, 5.41) is 12.9. The number of carbonyl (C=O) groups is 3. The monoisotopic (exact) mass is 414 g/mol. The zero-order valence-electron chi connectivity index (χ0n) is 17.1. The molecule has 31 heavy (non-hydrogen) atoms. The van der Waals surface area contributed by atoms with Crippen LogP contribution < -0.4 is 11.1 Å². The van der Waals surface area contributed by atoms with E-state index in [9.17, 15) is 19.5 Å². The number of nitrogens with one attached hydrogen (secondary N) is 1. The lowest BCUT2D eigenvalue weighted by Crippen LogP contribution is -2.24. The zero-order chi connectivity index (χ0) is 22.1. The third-order valence-corrected chi connectivity index (χ3v) is 5.52. The molecule has 1 aliphatic carbocycles. The van der Waals surface area contributed by atoms with Gasteiger partial charge in [0, 0.05) is 22.4 Å². The van der Waals surface area contributed by atoms with Crippen molar-refractivity contribution in [1.29, 1.82) is 0 Å². The van der Waals surface area contributed by atoms with Gasteiger partial charge >= 0.3 is 5.97 Å². The van der Waals surface area contributed by atoms with Crippen LogP contribution >= 0.6 is 0 Å². The van der Waals surface area contributed by atoms with Gasteiger partial charge in [0.25, 0.3) is 0 Å². The SMILES string of the molecule is CCCCc1ccc(Nc2cc3c(c(N)c2C(=O)O)C(=O)c2ccccc2C3=O)cc1. The topological polar surface area (TPSA) is 109 Å². The van der Waals surface area contributed by atoms with Gasteiger partial charge in [0.05, 0.1) is 16.9 Å². The van der Waals surface area contributed by atoms with E-state index in [0.717, 1.165) is 19.3 Å². The first-order valence-electron chi connectivity index (χ1n) is 10.2. The first kappa shape index (κ1) is 20.3. The molecule has 0 spiro atoms. The number of carboxylic acids is 1. The Morgan fingerprint density at radius 1 is 0.968 bits per heavy atom. The van der Waals surface area contributed by atoms with Crippen LogP contribution in [0.4, 0.5) is 17.1 Å². The van der Waals surface area contributed by atoms with E-state index in [1.54, 1.807) is 24.3 Å². The average molecular weight is 414 g/mol. The van der Waals surface area contributed by atoms with E-state index in [1.807, 2.05) is 24.3 Å². The quantitative estimate of drug-likeness (QED) is 0.390. The molecular formula is C25H22N2O4. The molecule has 3 aromatic carbocycles. The van der Waals surface area contributed by atoms with E-state index in [0.29, 0.717) is 5.69 Å². The molecule has 0 saturated carbocycles. The lowest BCUT2D eigenvalue weighted by Gasteiger charge is -2.22. The van der Waals surface area contributed by atoms with Gasteiger partial charge in [0.2, 0.25) is 0 Å². The first-order chi connectivity index (χ1) is 14.9. The average Bonchev–Trinajstić information content (AvgIpc) is 2.76. The summed E-state index contributed by atoms with van der Waals surface area (Å²) in [5.41, 5.74) is 8.31. The summed E-state index contributed by atoms with van der Waals surface area (Å²) in [7, 11) is 0. The van der Waals surface area contributed by atoms with Crippen LogP contribution in [0, 0.1) is 0 Å². The van der Waals surface area contributed by atoms with Gasteiger partial charge in [0.1, 0.15) is 5.56 Å². The Morgan fingerprint density at radius 3 is 2.23 bits per heavy atom. The second kappa shape index (κ2) is 8.07. The van der Waals surface area contributed by atoms with Gasteiger partial charge in [0.15, 0.2) is 11.6 Å². The number of carboxylic acid groups (broad SMARTS) is 1. The fourth-order valence-corrected chi connectivity index (χ4v) is 3.91. The van der Waals surface area contributed by atoms with Crippen molar-refractivity contribution in [3.8, 4) is 0 Å². The van der Waals surface area contributed by atoms with Crippen molar-refractivity contribution in [3.05, 3.63) is 88.0 Å². The molecule has 0 unspecified atom stereocenters. The first-order valence-corrected chi connectivity index (χ1v) is 10.2. The van der Waals surface area contributed by atoms with E-state index >= 15 is 0 Å². The van der Waals surface area contributed by atoms with Crippen LogP contribution in [0.15, 0.2) is 54.6 Å². The summed E-state index contributed by atoms with van der Waals surface area (Å²) in [5.74, 6) is -2.08. The molecule has 0 aliphatic heterocycles. The Hall–Kier alpha value is -3.93. The highest BCUT2D eigenvalue weighted by Crippen LogP contribution is 2.37. The second-order valence-corrected chi connectivity index (χ2v) is 7.57. The predicted octanol–water partition coefficient (Wildman–Crippen LogP) is 4.83. The number of nitrogens with two attached hydrogens (primary N) is 1. The molecule has 6 heteroatoms. The minimum absolute atomic E-state index is 0.0541. The number of nitrogen functional groups attached to an aromatic ring is 1. The Labute approximate surface area is 179 Å². The molecule has 0 amide bonds. The molecule has 4 rings (SSSR count). The van der Waals surface area contributed by atoms with E-state index in [1.165, 1.54) is 11.6 Å². The Balaban J connectivity index is 1.79. The minimum Gasteiger partial charge on any atom is -0.478 e. The molecule has 1 aliphatic rings. The normalized spacial score (nSPS) is 12.3. The Morgan fingerprint density at radius 2 is 1.61 bits per heavy atom. The van der Waals surface area contributed by atoms with Crippen LogP contribution in [0.5, 0.6) is 0 Å². The van der Waals surface area contributed by atoms with Crippen molar-refractivity contribution < 1.29 is 19.5 Å². The number of aromatic carboxylic acids is 1. The van der Waals surface area contributed by atoms with E-state index in [4.69, 9.17) is 5.73 Å². The van der Waals surface area contributed by atoms with Gasteiger partial charge in [-0.2, -0.15) is 0 Å². The third-order valence-electron chi connectivity index (χ3n) is 5.52. The fraction of sp³-hybridized carbons (Fsp3) is 0.160. The van der Waals surface area contributed by atoms with Crippen LogP contribution in [0.1, 0.15) is 67.5 Å². The summed E-state index contributed by atoms with van der Waals surface area (Å²) in [6, 6.07) is 15.6. The smallest absolute Gasteiger partial charge is 0.339 e. The van der Waals surface area contributed by atoms with Crippen molar-refractivity contribution in [1.82, 2.24) is 0 Å². The number of rotatable bonds is 6. The van der Waals surface area contributed by atoms with Gasteiger partial charge < -0.3 is 16.2 Å². The van der Waals surface area contributed by atoms with Crippen molar-refractivity contribution in [2.75, 3.05) is 11.1 Å². The largest absolute Gasteiger partial charge is 0.478 e. The maximum absolute atomic E-state index is 13.1. The van der Waals surface area contributed by atoms with Crippen molar-refractivity contribution in [2.24, 2.45) is 0 Å². The highest BCUT2D eigenvalue weighted by atomic mass is 16.4. The second-order valence-electron chi connectivity index (χ2n) is 7.57. The Kier molecular flexibility index (Phi) is 5.29. The fourth-order valence-electron chi connectivity index (χ4n) is 3.91. The maximum Gasteiger partial charge on any atom is 0.339 e. The molecule has 0 radical (unpaired) electrons. The molecule has 0 saturated heterocycles. The number of hydrogen-bond donors (Lipinski definition) is 3. The van der Waals surface area contributed by atoms with Crippen LogP contribution in [0.25, 0.3) is 0 Å². The number of carbonyl (C=O) groups excluding carboxylic acids is 2. The van der Waals surface area contributed by atoms with Crippen LogP contribution in [-0.4, -0.2) is 22.6 Å². The lowest BCUT2D eigenvalue weighted by atomic mass is 9.81. The number of fused-ring (bicyclic) bond motifs is 2. The van der Waals surface area contributed by atoms with Crippen LogP contribution in [0.2, 0.25) is 0 Å². The molecule has 0 aromatic heterocycles. The summed E-state index contributed by atoms with van der Waals surface area (Å²) >= 11 is 0.